The second-order valence-corrected chi connectivity index (χ2v) is 9.62. The smallest absolute Gasteiger partial charge is 0.256 e. The zero-order valence-electron chi connectivity index (χ0n) is 17.2. The molecule has 1 fully saturated rings. The molecule has 3 rings (SSSR count). The maximum Gasteiger partial charge on any atom is 0.256 e. The molecule has 30 heavy (non-hydrogen) atoms. The van der Waals surface area contributed by atoms with E-state index < -0.39 is 10.0 Å². The molecule has 0 bridgehead atoms. The zero-order chi connectivity index (χ0) is 21.7. The molecule has 2 amide bonds. The van der Waals surface area contributed by atoms with Gasteiger partial charge in [-0.05, 0) is 56.5 Å². The number of nitrogens with zero attached hydrogens (tertiary/aromatic N) is 1. The number of carbonyl (C=O) groups excluding carboxylic acids is 2. The number of carbonyl (C=O) groups is 2. The summed E-state index contributed by atoms with van der Waals surface area (Å²) in [5.41, 5.74) is 2.46. The fourth-order valence-corrected chi connectivity index (χ4v) is 4.68. The quantitative estimate of drug-likeness (QED) is 0.737. The number of para-hydroxylation sites is 1. The maximum atomic E-state index is 12.7. The van der Waals surface area contributed by atoms with Gasteiger partial charge in [-0.25, -0.2) is 12.7 Å². The van der Waals surface area contributed by atoms with Crippen LogP contribution in [-0.2, 0) is 14.8 Å². The van der Waals surface area contributed by atoms with Gasteiger partial charge < -0.3 is 10.6 Å². The van der Waals surface area contributed by atoms with E-state index in [1.807, 2.05) is 30.3 Å². The summed E-state index contributed by atoms with van der Waals surface area (Å²) in [5.74, 6) is -0.574. The van der Waals surface area contributed by atoms with Crippen molar-refractivity contribution < 1.29 is 18.0 Å². The summed E-state index contributed by atoms with van der Waals surface area (Å²) < 4.78 is 25.4. The first-order chi connectivity index (χ1) is 14.3. The molecular formula is C22H27N3O4S. The van der Waals surface area contributed by atoms with E-state index in [0.717, 1.165) is 0 Å². The molecule has 0 aromatic heterocycles. The van der Waals surface area contributed by atoms with Gasteiger partial charge in [0.1, 0.15) is 0 Å². The lowest BCUT2D eigenvalue weighted by Crippen LogP contribution is -2.42. The summed E-state index contributed by atoms with van der Waals surface area (Å²) in [6, 6.07) is 14.4. The Bertz CT molecular complexity index is 1010. The van der Waals surface area contributed by atoms with Crippen molar-refractivity contribution in [1.29, 1.82) is 0 Å². The molecule has 0 atom stereocenters. The molecule has 7 nitrogen and oxygen atoms in total. The molecule has 1 saturated heterocycles. The summed E-state index contributed by atoms with van der Waals surface area (Å²) in [7, 11) is -3.22. The van der Waals surface area contributed by atoms with Crippen molar-refractivity contribution in [3.63, 3.8) is 0 Å². The van der Waals surface area contributed by atoms with E-state index in [0.29, 0.717) is 48.4 Å². The van der Waals surface area contributed by atoms with Crippen molar-refractivity contribution in [2.45, 2.75) is 26.7 Å². The third-order valence-electron chi connectivity index (χ3n) is 5.45. The van der Waals surface area contributed by atoms with Gasteiger partial charge in [0.05, 0.1) is 5.75 Å². The summed E-state index contributed by atoms with van der Waals surface area (Å²) in [4.78, 5) is 25.4. The van der Waals surface area contributed by atoms with E-state index in [1.165, 1.54) is 4.31 Å². The average molecular weight is 430 g/mol. The van der Waals surface area contributed by atoms with E-state index in [1.54, 1.807) is 32.0 Å². The van der Waals surface area contributed by atoms with Crippen molar-refractivity contribution >= 4 is 33.2 Å². The molecule has 0 saturated carbocycles. The number of anilines is 2. The Kier molecular flexibility index (Phi) is 6.89. The van der Waals surface area contributed by atoms with Crippen LogP contribution in [0.4, 0.5) is 11.4 Å². The lowest BCUT2D eigenvalue weighted by Gasteiger charge is -2.30. The van der Waals surface area contributed by atoms with Crippen LogP contribution < -0.4 is 10.6 Å². The minimum absolute atomic E-state index is 0.0703. The predicted molar refractivity (Wildman–Crippen MR) is 118 cm³/mol. The van der Waals surface area contributed by atoms with Crippen LogP contribution in [0.25, 0.3) is 0 Å². The highest BCUT2D eigenvalue weighted by molar-refractivity contribution is 7.89. The van der Waals surface area contributed by atoms with Gasteiger partial charge in [-0.2, -0.15) is 0 Å². The third-order valence-corrected chi connectivity index (χ3v) is 7.33. The molecule has 2 N–H and O–H groups in total. The van der Waals surface area contributed by atoms with Gasteiger partial charge in [-0.3, -0.25) is 9.59 Å². The van der Waals surface area contributed by atoms with Crippen molar-refractivity contribution in [3.8, 4) is 0 Å². The van der Waals surface area contributed by atoms with Crippen molar-refractivity contribution in [2.75, 3.05) is 29.5 Å². The Morgan fingerprint density at radius 3 is 2.30 bits per heavy atom. The van der Waals surface area contributed by atoms with Crippen LogP contribution in [0.3, 0.4) is 0 Å². The van der Waals surface area contributed by atoms with E-state index in [4.69, 9.17) is 0 Å². The number of hydrogen-bond donors (Lipinski definition) is 2. The second-order valence-electron chi connectivity index (χ2n) is 7.36. The minimum atomic E-state index is -3.22. The highest BCUT2D eigenvalue weighted by atomic mass is 32.2. The van der Waals surface area contributed by atoms with E-state index >= 15 is 0 Å². The van der Waals surface area contributed by atoms with Gasteiger partial charge in [0.2, 0.25) is 15.9 Å². The Labute approximate surface area is 177 Å². The molecule has 0 spiro atoms. The van der Waals surface area contributed by atoms with Gasteiger partial charge in [-0.1, -0.05) is 24.3 Å². The number of rotatable bonds is 6. The monoisotopic (exact) mass is 429 g/mol. The van der Waals surface area contributed by atoms with Crippen LogP contribution in [0, 0.1) is 12.8 Å². The first-order valence-electron chi connectivity index (χ1n) is 10.1. The van der Waals surface area contributed by atoms with Crippen LogP contribution >= 0.6 is 0 Å². The predicted octanol–water partition coefficient (Wildman–Crippen LogP) is 3.25. The Hall–Kier alpha value is -2.71. The highest BCUT2D eigenvalue weighted by Crippen LogP contribution is 2.24. The number of nitrogens with one attached hydrogen (secondary N) is 2. The SMILES string of the molecule is CCS(=O)(=O)N1CCC(C(=O)Nc2cccc(C(=O)Nc3ccccc3)c2C)CC1. The fraction of sp³-hybridized carbons (Fsp3) is 0.364. The van der Waals surface area contributed by atoms with Gasteiger partial charge in [0, 0.05) is 35.9 Å². The van der Waals surface area contributed by atoms with Crippen molar-refractivity contribution in [3.05, 3.63) is 59.7 Å². The first kappa shape index (κ1) is 22.0. The second kappa shape index (κ2) is 9.40. The fourth-order valence-electron chi connectivity index (χ4n) is 3.55. The molecule has 1 aliphatic rings. The largest absolute Gasteiger partial charge is 0.326 e. The van der Waals surface area contributed by atoms with Gasteiger partial charge in [0.25, 0.3) is 5.91 Å². The average Bonchev–Trinajstić information content (AvgIpc) is 2.76. The number of sulfonamides is 1. The zero-order valence-corrected chi connectivity index (χ0v) is 18.0. The Morgan fingerprint density at radius 1 is 1.00 bits per heavy atom. The summed E-state index contributed by atoms with van der Waals surface area (Å²) in [6.07, 6.45) is 0.969. The van der Waals surface area contributed by atoms with Gasteiger partial charge in [-0.15, -0.1) is 0 Å². The Morgan fingerprint density at radius 2 is 1.67 bits per heavy atom. The minimum Gasteiger partial charge on any atom is -0.326 e. The number of benzene rings is 2. The topological polar surface area (TPSA) is 95.6 Å². The first-order valence-corrected chi connectivity index (χ1v) is 11.7. The molecule has 160 valence electrons. The lowest BCUT2D eigenvalue weighted by atomic mass is 9.96. The molecule has 1 aliphatic heterocycles. The molecule has 1 heterocycles. The Balaban J connectivity index is 1.65. The third kappa shape index (κ3) is 5.06. The van der Waals surface area contributed by atoms with Crippen LogP contribution in [0.15, 0.2) is 48.5 Å². The summed E-state index contributed by atoms with van der Waals surface area (Å²) >= 11 is 0. The van der Waals surface area contributed by atoms with Crippen LogP contribution in [0.2, 0.25) is 0 Å². The number of hydrogen-bond acceptors (Lipinski definition) is 4. The van der Waals surface area contributed by atoms with E-state index in [2.05, 4.69) is 10.6 Å². The number of piperidine rings is 1. The summed E-state index contributed by atoms with van der Waals surface area (Å²) in [5, 5.41) is 5.77. The molecule has 2 aromatic rings. The van der Waals surface area contributed by atoms with Gasteiger partial charge in [0.15, 0.2) is 0 Å². The molecular weight excluding hydrogens is 402 g/mol. The molecule has 0 radical (unpaired) electrons. The summed E-state index contributed by atoms with van der Waals surface area (Å²) in [6.45, 7) is 4.13. The van der Waals surface area contributed by atoms with E-state index in [9.17, 15) is 18.0 Å². The van der Waals surface area contributed by atoms with Gasteiger partial charge >= 0.3 is 0 Å². The van der Waals surface area contributed by atoms with Crippen molar-refractivity contribution in [1.82, 2.24) is 4.31 Å². The maximum absolute atomic E-state index is 12.7. The van der Waals surface area contributed by atoms with Crippen LogP contribution in [0.5, 0.6) is 0 Å². The highest BCUT2D eigenvalue weighted by Gasteiger charge is 2.30. The van der Waals surface area contributed by atoms with E-state index in [-0.39, 0.29) is 23.5 Å². The normalized spacial score (nSPS) is 15.5. The number of amides is 2. The lowest BCUT2D eigenvalue weighted by molar-refractivity contribution is -0.120. The van der Waals surface area contributed by atoms with Crippen LogP contribution in [0.1, 0.15) is 35.7 Å². The molecule has 8 heteroatoms. The molecule has 0 unspecified atom stereocenters. The standard InChI is InChI=1S/C22H27N3O4S/c1-3-30(28,29)25-14-12-17(13-15-25)21(26)24-20-11-7-10-19(16(20)2)22(27)23-18-8-5-4-6-9-18/h4-11,17H,3,12-15H2,1-2H3,(H,23,27)(H,24,26). The molecule has 2 aromatic carbocycles. The molecule has 0 aliphatic carbocycles. The van der Waals surface area contributed by atoms with Crippen molar-refractivity contribution in [2.24, 2.45) is 5.92 Å². The van der Waals surface area contributed by atoms with Crippen LogP contribution in [-0.4, -0.2) is 43.4 Å².